The van der Waals surface area contributed by atoms with Gasteiger partial charge in [0.05, 0.1) is 11.8 Å². The molecule has 2 unspecified atom stereocenters. The maximum absolute atomic E-state index is 12.4. The molecule has 0 radical (unpaired) electrons. The molecule has 4 rings (SSSR count). The van der Waals surface area contributed by atoms with Crippen LogP contribution in [0.3, 0.4) is 0 Å². The smallest absolute Gasteiger partial charge is 0.258 e. The van der Waals surface area contributed by atoms with Crippen molar-refractivity contribution in [2.24, 2.45) is 11.0 Å². The van der Waals surface area contributed by atoms with Crippen molar-refractivity contribution in [3.63, 3.8) is 0 Å². The van der Waals surface area contributed by atoms with E-state index in [4.69, 9.17) is 16.7 Å². The first kappa shape index (κ1) is 16.1. The maximum Gasteiger partial charge on any atom is 0.258 e. The van der Waals surface area contributed by atoms with Crippen LogP contribution in [0.2, 0.25) is 0 Å². The molecule has 3 nitrogen and oxygen atoms in total. The van der Waals surface area contributed by atoms with E-state index in [0.29, 0.717) is 0 Å². The first-order valence-electron chi connectivity index (χ1n) is 8.02. The highest BCUT2D eigenvalue weighted by Crippen LogP contribution is 2.45. The van der Waals surface area contributed by atoms with Gasteiger partial charge in [-0.2, -0.15) is 5.10 Å². The highest BCUT2D eigenvalue weighted by atomic mass is 35.5. The van der Waals surface area contributed by atoms with Crippen molar-refractivity contribution in [3.05, 3.63) is 50.4 Å². The summed E-state index contributed by atoms with van der Waals surface area (Å²) in [6, 6.07) is 8.31. The maximum atomic E-state index is 12.4. The van der Waals surface area contributed by atoms with Crippen LogP contribution in [0.4, 0.5) is 0 Å². The Morgan fingerprint density at radius 2 is 2.17 bits per heavy atom. The van der Waals surface area contributed by atoms with Gasteiger partial charge in [-0.25, -0.2) is 5.01 Å². The van der Waals surface area contributed by atoms with Crippen LogP contribution in [-0.4, -0.2) is 22.5 Å². The van der Waals surface area contributed by atoms with Gasteiger partial charge in [0.1, 0.15) is 5.88 Å². The second-order valence-electron chi connectivity index (χ2n) is 6.00. The van der Waals surface area contributed by atoms with E-state index < -0.39 is 0 Å². The Labute approximate surface area is 154 Å². The third kappa shape index (κ3) is 2.85. The molecule has 0 aromatic carbocycles. The second-order valence-corrected chi connectivity index (χ2v) is 8.23. The van der Waals surface area contributed by atoms with Gasteiger partial charge in [0.2, 0.25) is 0 Å². The third-order valence-electron chi connectivity index (χ3n) is 4.57. The normalized spacial score (nSPS) is 25.0. The number of nitrogens with zero attached hydrogens (tertiary/aromatic N) is 2. The number of thiophene rings is 2. The van der Waals surface area contributed by atoms with E-state index >= 15 is 0 Å². The van der Waals surface area contributed by atoms with Crippen LogP contribution in [0.1, 0.15) is 35.1 Å². The molecule has 2 aromatic heterocycles. The minimum atomic E-state index is -0.118. The van der Waals surface area contributed by atoms with Crippen LogP contribution < -0.4 is 0 Å². The zero-order chi connectivity index (χ0) is 16.5. The molecule has 2 atom stereocenters. The molecule has 0 bridgehead atoms. The summed E-state index contributed by atoms with van der Waals surface area (Å²) in [7, 11) is 0. The average molecular weight is 377 g/mol. The zero-order valence-corrected chi connectivity index (χ0v) is 15.4. The van der Waals surface area contributed by atoms with Crippen LogP contribution >= 0.6 is 34.3 Å². The molecule has 1 saturated carbocycles. The van der Waals surface area contributed by atoms with Crippen LogP contribution in [0.15, 0.2) is 45.7 Å². The lowest BCUT2D eigenvalue weighted by atomic mass is 9.79. The zero-order valence-electron chi connectivity index (χ0n) is 13.0. The number of carbonyl (C=O) groups excluding carboxylic acids is 1. The van der Waals surface area contributed by atoms with Gasteiger partial charge < -0.3 is 0 Å². The number of carbonyl (C=O) groups is 1. The Balaban J connectivity index is 1.74. The summed E-state index contributed by atoms with van der Waals surface area (Å²) in [4.78, 5) is 14.8. The lowest BCUT2D eigenvalue weighted by molar-refractivity contribution is -0.130. The summed E-state index contributed by atoms with van der Waals surface area (Å²) in [5.74, 6) is 0.123. The van der Waals surface area contributed by atoms with E-state index in [1.807, 2.05) is 6.07 Å². The number of hydrogen-bond acceptors (Lipinski definition) is 4. The molecule has 124 valence electrons. The van der Waals surface area contributed by atoms with Crippen molar-refractivity contribution >= 4 is 52.0 Å². The van der Waals surface area contributed by atoms with E-state index in [1.165, 1.54) is 15.3 Å². The van der Waals surface area contributed by atoms with Gasteiger partial charge in [-0.1, -0.05) is 12.1 Å². The summed E-state index contributed by atoms with van der Waals surface area (Å²) in [5.41, 5.74) is 2.34. The molecule has 1 amide bonds. The Morgan fingerprint density at radius 3 is 2.88 bits per heavy atom. The van der Waals surface area contributed by atoms with Gasteiger partial charge in [0.15, 0.2) is 0 Å². The fourth-order valence-corrected chi connectivity index (χ4v) is 5.23. The van der Waals surface area contributed by atoms with E-state index in [-0.39, 0.29) is 23.7 Å². The molecule has 6 heteroatoms. The molecule has 3 heterocycles. The van der Waals surface area contributed by atoms with Gasteiger partial charge in [-0.05, 0) is 53.8 Å². The molecule has 0 N–H and O–H groups in total. The molecular weight excluding hydrogens is 360 g/mol. The van der Waals surface area contributed by atoms with Crippen molar-refractivity contribution in [1.29, 1.82) is 0 Å². The van der Waals surface area contributed by atoms with E-state index in [1.54, 1.807) is 27.7 Å². The van der Waals surface area contributed by atoms with Crippen LogP contribution in [0.5, 0.6) is 0 Å². The monoisotopic (exact) mass is 376 g/mol. The van der Waals surface area contributed by atoms with Crippen LogP contribution in [0, 0.1) is 5.92 Å². The summed E-state index contributed by atoms with van der Waals surface area (Å²) in [6.07, 6.45) is 5.45. The Bertz CT molecular complexity index is 780. The Kier molecular flexibility index (Phi) is 4.57. The summed E-state index contributed by atoms with van der Waals surface area (Å²) >= 11 is 9.25. The Morgan fingerprint density at radius 1 is 1.33 bits per heavy atom. The molecule has 24 heavy (non-hydrogen) atoms. The number of rotatable bonds is 3. The lowest BCUT2D eigenvalue weighted by Gasteiger charge is -2.28. The SMILES string of the molecule is O=C(CCl)N1N=C2C(=Cc3cccs3)CCCC2C1c1cccs1. The largest absolute Gasteiger partial charge is 0.272 e. The van der Waals surface area contributed by atoms with Crippen molar-refractivity contribution in [1.82, 2.24) is 5.01 Å². The van der Waals surface area contributed by atoms with Gasteiger partial charge in [-0.3, -0.25) is 4.79 Å². The predicted octanol–water partition coefficient (Wildman–Crippen LogP) is 5.17. The van der Waals surface area contributed by atoms with Crippen molar-refractivity contribution in [3.8, 4) is 0 Å². The molecule has 1 aliphatic heterocycles. The van der Waals surface area contributed by atoms with Crippen molar-refractivity contribution < 1.29 is 4.79 Å². The molecule has 2 aromatic rings. The minimum Gasteiger partial charge on any atom is -0.272 e. The Hall–Kier alpha value is -1.43. The molecule has 1 fully saturated rings. The number of hydrogen-bond donors (Lipinski definition) is 0. The topological polar surface area (TPSA) is 32.7 Å². The summed E-state index contributed by atoms with van der Waals surface area (Å²) < 4.78 is 0. The minimum absolute atomic E-state index is 0.00159. The molecular formula is C18H17ClN2OS2. The lowest BCUT2D eigenvalue weighted by Crippen LogP contribution is -2.31. The van der Waals surface area contributed by atoms with Gasteiger partial charge in [0, 0.05) is 15.7 Å². The molecule has 0 saturated heterocycles. The van der Waals surface area contributed by atoms with Crippen LogP contribution in [0.25, 0.3) is 6.08 Å². The van der Waals surface area contributed by atoms with Gasteiger partial charge >= 0.3 is 0 Å². The number of alkyl halides is 1. The summed E-state index contributed by atoms with van der Waals surface area (Å²) in [6.45, 7) is 0. The van der Waals surface area contributed by atoms with Gasteiger partial charge in [0.25, 0.3) is 5.91 Å². The molecule has 2 aliphatic rings. The van der Waals surface area contributed by atoms with E-state index in [9.17, 15) is 4.79 Å². The first-order valence-corrected chi connectivity index (χ1v) is 10.3. The van der Waals surface area contributed by atoms with E-state index in [2.05, 4.69) is 35.0 Å². The van der Waals surface area contributed by atoms with E-state index in [0.717, 1.165) is 25.0 Å². The fraction of sp³-hybridized carbons (Fsp3) is 0.333. The summed E-state index contributed by atoms with van der Waals surface area (Å²) in [5, 5.41) is 10.5. The predicted molar refractivity (Wildman–Crippen MR) is 102 cm³/mol. The fourth-order valence-electron chi connectivity index (χ4n) is 3.55. The number of fused-ring (bicyclic) bond motifs is 1. The number of allylic oxidation sites excluding steroid dienone is 1. The second kappa shape index (κ2) is 6.82. The average Bonchev–Trinajstić information content (AvgIpc) is 3.33. The van der Waals surface area contributed by atoms with Crippen LogP contribution in [-0.2, 0) is 4.79 Å². The van der Waals surface area contributed by atoms with Crippen molar-refractivity contribution in [2.45, 2.75) is 25.3 Å². The van der Waals surface area contributed by atoms with Gasteiger partial charge in [-0.15, -0.1) is 34.3 Å². The van der Waals surface area contributed by atoms with Crippen molar-refractivity contribution in [2.75, 3.05) is 5.88 Å². The first-order chi connectivity index (χ1) is 11.8. The standard InChI is InChI=1S/C18H17ClN2OS2/c19-11-16(22)21-18(15-7-3-9-24-15)14-6-1-4-12(17(14)20-21)10-13-5-2-8-23-13/h2-3,5,7-10,14,18H,1,4,6,11H2. The highest BCUT2D eigenvalue weighted by Gasteiger charge is 2.43. The molecule has 1 aliphatic carbocycles. The third-order valence-corrected chi connectivity index (χ3v) is 6.56. The number of halogens is 1. The quantitative estimate of drug-likeness (QED) is 0.680. The molecule has 0 spiro atoms. The number of amides is 1. The number of hydrazone groups is 1. The highest BCUT2D eigenvalue weighted by molar-refractivity contribution is 7.11.